The summed E-state index contributed by atoms with van der Waals surface area (Å²) in [6.07, 6.45) is 4.67. The van der Waals surface area contributed by atoms with Gasteiger partial charge in [-0.15, -0.1) is 10.2 Å². The Balaban J connectivity index is 1.26. The molecule has 0 radical (unpaired) electrons. The van der Waals surface area contributed by atoms with Crippen molar-refractivity contribution in [3.63, 3.8) is 0 Å². The second-order valence-corrected chi connectivity index (χ2v) is 10.0. The van der Waals surface area contributed by atoms with E-state index in [1.807, 2.05) is 12.1 Å². The predicted octanol–water partition coefficient (Wildman–Crippen LogP) is 6.35. The van der Waals surface area contributed by atoms with E-state index in [9.17, 15) is 9.18 Å². The smallest absolute Gasteiger partial charge is 0.294 e. The van der Waals surface area contributed by atoms with Crippen molar-refractivity contribution in [2.24, 2.45) is 5.92 Å². The molecule has 2 aromatic carbocycles. The summed E-state index contributed by atoms with van der Waals surface area (Å²) in [5.41, 5.74) is 1.67. The number of carbonyl (C=O) groups is 1. The maximum atomic E-state index is 13.9. The van der Waals surface area contributed by atoms with Crippen LogP contribution in [-0.4, -0.2) is 45.9 Å². The fourth-order valence-corrected chi connectivity index (χ4v) is 4.79. The Morgan fingerprint density at radius 3 is 2.69 bits per heavy atom. The fraction of sp³-hybridized carbons (Fsp3) is 0.286. The second-order valence-electron chi connectivity index (χ2n) is 9.23. The molecule has 4 aromatic rings. The van der Waals surface area contributed by atoms with E-state index in [2.05, 4.69) is 25.5 Å². The van der Waals surface area contributed by atoms with Crippen LogP contribution in [0.3, 0.4) is 0 Å². The van der Waals surface area contributed by atoms with Gasteiger partial charge in [-0.3, -0.25) is 4.79 Å². The normalized spacial score (nSPS) is 13.8. The first kappa shape index (κ1) is 27.1. The van der Waals surface area contributed by atoms with Crippen molar-refractivity contribution in [2.45, 2.75) is 25.7 Å². The molecule has 1 amide bonds. The van der Waals surface area contributed by atoms with Crippen LogP contribution in [0.25, 0.3) is 11.1 Å². The summed E-state index contributed by atoms with van der Waals surface area (Å²) < 4.78 is 25.4. The summed E-state index contributed by atoms with van der Waals surface area (Å²) in [5.74, 6) is 0.932. The average Bonchev–Trinajstić information content (AvgIpc) is 3.41. The van der Waals surface area contributed by atoms with E-state index in [-0.39, 0.29) is 23.9 Å². The van der Waals surface area contributed by atoms with Crippen LogP contribution in [0.5, 0.6) is 5.75 Å². The van der Waals surface area contributed by atoms with Crippen LogP contribution in [0.4, 0.5) is 10.2 Å². The molecular formula is C28H26Cl2FN5O3. The molecule has 0 atom stereocenters. The van der Waals surface area contributed by atoms with Crippen molar-refractivity contribution in [1.29, 1.82) is 0 Å². The molecule has 0 aliphatic carbocycles. The zero-order valence-electron chi connectivity index (χ0n) is 20.9. The lowest BCUT2D eigenvalue weighted by molar-refractivity contribution is 0.0593. The Morgan fingerprint density at radius 2 is 1.87 bits per heavy atom. The molecule has 0 spiro atoms. The number of amides is 1. The number of rotatable bonds is 9. The largest absolute Gasteiger partial charge is 0.494 e. The number of hydrogen-bond acceptors (Lipinski definition) is 6. The molecule has 39 heavy (non-hydrogen) atoms. The Labute approximate surface area is 234 Å². The molecule has 8 nitrogen and oxygen atoms in total. The lowest BCUT2D eigenvalue weighted by Crippen LogP contribution is -2.17. The van der Waals surface area contributed by atoms with Gasteiger partial charge in [0.1, 0.15) is 23.2 Å². The fourth-order valence-electron chi connectivity index (χ4n) is 4.37. The maximum Gasteiger partial charge on any atom is 0.294 e. The van der Waals surface area contributed by atoms with Gasteiger partial charge in [-0.05, 0) is 61.1 Å². The van der Waals surface area contributed by atoms with E-state index in [4.69, 9.17) is 32.7 Å². The molecule has 0 unspecified atom stereocenters. The zero-order valence-corrected chi connectivity index (χ0v) is 22.4. The number of aromatic amines is 1. The highest BCUT2D eigenvalue weighted by molar-refractivity contribution is 6.36. The highest BCUT2D eigenvalue weighted by Gasteiger charge is 2.17. The Morgan fingerprint density at radius 1 is 1.08 bits per heavy atom. The van der Waals surface area contributed by atoms with E-state index in [1.165, 1.54) is 12.3 Å². The number of pyridine rings is 1. The number of benzene rings is 2. The predicted molar refractivity (Wildman–Crippen MR) is 147 cm³/mol. The number of halogens is 3. The SMILES string of the molecule is O=C(Nc1cc(-c2cc(OCCC3CCOCC3)ccc2Cl)c(Cl)cn1)c1nnc(Cc2ccccc2F)[nH]1. The van der Waals surface area contributed by atoms with Gasteiger partial charge < -0.3 is 19.8 Å². The van der Waals surface area contributed by atoms with Gasteiger partial charge in [0.25, 0.3) is 5.91 Å². The highest BCUT2D eigenvalue weighted by Crippen LogP contribution is 2.36. The third-order valence-corrected chi connectivity index (χ3v) is 7.16. The molecule has 202 valence electrons. The molecule has 11 heteroatoms. The zero-order chi connectivity index (χ0) is 27.2. The van der Waals surface area contributed by atoms with E-state index in [0.29, 0.717) is 50.8 Å². The summed E-state index contributed by atoms with van der Waals surface area (Å²) in [4.78, 5) is 19.8. The lowest BCUT2D eigenvalue weighted by Gasteiger charge is -2.22. The molecule has 1 fully saturated rings. The molecule has 1 saturated heterocycles. The van der Waals surface area contributed by atoms with Gasteiger partial charge in [-0.2, -0.15) is 0 Å². The molecule has 0 saturated carbocycles. The molecule has 0 bridgehead atoms. The monoisotopic (exact) mass is 569 g/mol. The van der Waals surface area contributed by atoms with Gasteiger partial charge in [0.2, 0.25) is 5.82 Å². The standard InChI is InChI=1S/C28H26Cl2FN5O3/c29-22-6-5-19(39-12-9-17-7-10-38-11-8-17)14-20(22)21-15-25(32-16-23(21)30)34-28(37)27-33-26(35-36-27)13-18-3-1-2-4-24(18)31/h1-6,14-17H,7-13H2,(H,32,34,37)(H,33,35,36). The van der Waals surface area contributed by atoms with Crippen molar-refractivity contribution in [3.05, 3.63) is 87.8 Å². The van der Waals surface area contributed by atoms with E-state index in [1.54, 1.807) is 30.3 Å². The number of H-pyrrole nitrogens is 1. The van der Waals surface area contributed by atoms with E-state index >= 15 is 0 Å². The van der Waals surface area contributed by atoms with Crippen LogP contribution in [0.1, 0.15) is 41.3 Å². The molecule has 3 heterocycles. The van der Waals surface area contributed by atoms with Gasteiger partial charge in [-0.1, -0.05) is 41.4 Å². The van der Waals surface area contributed by atoms with Crippen LogP contribution < -0.4 is 10.1 Å². The molecule has 1 aliphatic rings. The highest BCUT2D eigenvalue weighted by atomic mass is 35.5. The summed E-state index contributed by atoms with van der Waals surface area (Å²) in [6.45, 7) is 2.20. The van der Waals surface area contributed by atoms with Crippen LogP contribution in [0, 0.1) is 11.7 Å². The number of ether oxygens (including phenoxy) is 2. The number of nitrogens with one attached hydrogen (secondary N) is 2. The Bertz CT molecular complexity index is 1460. The van der Waals surface area contributed by atoms with Crippen molar-refractivity contribution < 1.29 is 18.7 Å². The summed E-state index contributed by atoms with van der Waals surface area (Å²) in [7, 11) is 0. The lowest BCUT2D eigenvalue weighted by atomic mass is 9.97. The Kier molecular flexibility index (Phi) is 8.71. The average molecular weight is 570 g/mol. The summed E-state index contributed by atoms with van der Waals surface area (Å²) in [5, 5.41) is 11.4. The van der Waals surface area contributed by atoms with Crippen LogP contribution in [0.15, 0.2) is 54.7 Å². The first-order chi connectivity index (χ1) is 19.0. The molecular weight excluding hydrogens is 544 g/mol. The molecule has 2 aromatic heterocycles. The topological polar surface area (TPSA) is 102 Å². The van der Waals surface area contributed by atoms with Gasteiger partial charge in [0.05, 0.1) is 11.6 Å². The van der Waals surface area contributed by atoms with Crippen molar-refractivity contribution in [3.8, 4) is 16.9 Å². The van der Waals surface area contributed by atoms with Crippen LogP contribution >= 0.6 is 23.2 Å². The molecule has 2 N–H and O–H groups in total. The second kappa shape index (κ2) is 12.5. The third-order valence-electron chi connectivity index (χ3n) is 6.52. The summed E-state index contributed by atoms with van der Waals surface area (Å²) >= 11 is 13.0. The minimum absolute atomic E-state index is 0.0300. The first-order valence-corrected chi connectivity index (χ1v) is 13.3. The van der Waals surface area contributed by atoms with Crippen molar-refractivity contribution >= 4 is 34.9 Å². The van der Waals surface area contributed by atoms with Crippen molar-refractivity contribution in [1.82, 2.24) is 20.2 Å². The van der Waals surface area contributed by atoms with Crippen molar-refractivity contribution in [2.75, 3.05) is 25.1 Å². The minimum Gasteiger partial charge on any atom is -0.494 e. The Hall–Kier alpha value is -3.53. The third kappa shape index (κ3) is 6.92. The number of aromatic nitrogens is 4. The number of carbonyl (C=O) groups excluding carboxylic acids is 1. The number of nitrogens with zero attached hydrogens (tertiary/aromatic N) is 3. The number of anilines is 1. The van der Waals surface area contributed by atoms with Gasteiger partial charge >= 0.3 is 0 Å². The quantitative estimate of drug-likeness (QED) is 0.243. The molecule has 5 rings (SSSR count). The van der Waals surface area contributed by atoms with Gasteiger partial charge in [0, 0.05) is 42.0 Å². The minimum atomic E-state index is -0.556. The summed E-state index contributed by atoms with van der Waals surface area (Å²) in [6, 6.07) is 13.4. The number of hydrogen-bond donors (Lipinski definition) is 2. The maximum absolute atomic E-state index is 13.9. The van der Waals surface area contributed by atoms with Gasteiger partial charge in [-0.25, -0.2) is 9.37 Å². The van der Waals surface area contributed by atoms with E-state index < -0.39 is 5.91 Å². The van der Waals surface area contributed by atoms with E-state index in [0.717, 1.165) is 32.5 Å². The van der Waals surface area contributed by atoms with Gasteiger partial charge in [0.15, 0.2) is 0 Å². The van der Waals surface area contributed by atoms with Crippen LogP contribution in [0.2, 0.25) is 10.0 Å². The van der Waals surface area contributed by atoms with Crippen LogP contribution in [-0.2, 0) is 11.2 Å². The molecule has 1 aliphatic heterocycles. The first-order valence-electron chi connectivity index (χ1n) is 12.6.